The predicted molar refractivity (Wildman–Crippen MR) is 113 cm³/mol. The standard InChI is InChI=1S/C20H23FN2O4S2/c1-4-27-20(26)23-18(25)17-12(2)13(3)29-19(17)22-16(24)6-5-11-28-15-9-7-14(21)8-10-15/h7-10H,4-6,11H2,1-3H3,(H,22,24)(H,23,25,26). The van der Waals surface area contributed by atoms with E-state index in [4.69, 9.17) is 4.74 Å². The van der Waals surface area contributed by atoms with Crippen LogP contribution in [-0.4, -0.2) is 30.3 Å². The van der Waals surface area contributed by atoms with Gasteiger partial charge in [0.15, 0.2) is 0 Å². The number of carbonyl (C=O) groups excluding carboxylic acids is 3. The summed E-state index contributed by atoms with van der Waals surface area (Å²) < 4.78 is 17.6. The molecular weight excluding hydrogens is 415 g/mol. The van der Waals surface area contributed by atoms with E-state index in [0.717, 1.165) is 9.77 Å². The van der Waals surface area contributed by atoms with E-state index in [1.54, 1.807) is 37.7 Å². The molecule has 1 heterocycles. The first-order chi connectivity index (χ1) is 13.8. The van der Waals surface area contributed by atoms with Gasteiger partial charge in [0.2, 0.25) is 5.91 Å². The van der Waals surface area contributed by atoms with Gasteiger partial charge in [-0.25, -0.2) is 9.18 Å². The van der Waals surface area contributed by atoms with E-state index in [1.807, 2.05) is 6.92 Å². The van der Waals surface area contributed by atoms with Gasteiger partial charge >= 0.3 is 6.09 Å². The molecule has 156 valence electrons. The second kappa shape index (κ2) is 11.0. The van der Waals surface area contributed by atoms with Gasteiger partial charge in [0.25, 0.3) is 5.91 Å². The summed E-state index contributed by atoms with van der Waals surface area (Å²) in [5.41, 5.74) is 0.980. The lowest BCUT2D eigenvalue weighted by atomic mass is 10.1. The maximum Gasteiger partial charge on any atom is 0.414 e. The lowest BCUT2D eigenvalue weighted by Gasteiger charge is -2.08. The van der Waals surface area contributed by atoms with Crippen LogP contribution in [0.2, 0.25) is 0 Å². The summed E-state index contributed by atoms with van der Waals surface area (Å²) in [6, 6.07) is 6.20. The zero-order valence-electron chi connectivity index (χ0n) is 16.5. The number of rotatable bonds is 8. The van der Waals surface area contributed by atoms with Gasteiger partial charge < -0.3 is 10.1 Å². The fourth-order valence-corrected chi connectivity index (χ4v) is 4.38. The number of amides is 3. The van der Waals surface area contributed by atoms with E-state index >= 15 is 0 Å². The first kappa shape index (κ1) is 22.9. The number of imide groups is 1. The second-order valence-corrected chi connectivity index (χ2v) is 8.51. The molecule has 0 radical (unpaired) electrons. The van der Waals surface area contributed by atoms with Crippen molar-refractivity contribution < 1.29 is 23.5 Å². The summed E-state index contributed by atoms with van der Waals surface area (Å²) in [5.74, 6) is -0.390. The molecule has 0 bridgehead atoms. The third kappa shape index (κ3) is 6.86. The highest BCUT2D eigenvalue weighted by atomic mass is 32.2. The van der Waals surface area contributed by atoms with Crippen molar-refractivity contribution in [3.05, 3.63) is 46.1 Å². The van der Waals surface area contributed by atoms with E-state index in [1.165, 1.54) is 23.5 Å². The first-order valence-electron chi connectivity index (χ1n) is 9.08. The van der Waals surface area contributed by atoms with Crippen molar-refractivity contribution in [3.8, 4) is 0 Å². The largest absolute Gasteiger partial charge is 0.450 e. The van der Waals surface area contributed by atoms with Crippen LogP contribution in [0.1, 0.15) is 40.6 Å². The topological polar surface area (TPSA) is 84.5 Å². The molecular formula is C20H23FN2O4S2. The van der Waals surface area contributed by atoms with E-state index in [9.17, 15) is 18.8 Å². The Morgan fingerprint density at radius 2 is 1.86 bits per heavy atom. The van der Waals surface area contributed by atoms with Crippen molar-refractivity contribution in [1.82, 2.24) is 5.32 Å². The molecule has 1 aromatic heterocycles. The van der Waals surface area contributed by atoms with Crippen molar-refractivity contribution in [2.24, 2.45) is 0 Å². The number of anilines is 1. The van der Waals surface area contributed by atoms with Crippen LogP contribution in [0.15, 0.2) is 29.2 Å². The smallest absolute Gasteiger partial charge is 0.414 e. The number of nitrogens with one attached hydrogen (secondary N) is 2. The zero-order valence-corrected chi connectivity index (χ0v) is 18.1. The van der Waals surface area contributed by atoms with E-state index < -0.39 is 12.0 Å². The van der Waals surface area contributed by atoms with E-state index in [0.29, 0.717) is 22.7 Å². The lowest BCUT2D eigenvalue weighted by Crippen LogP contribution is -2.31. The van der Waals surface area contributed by atoms with Gasteiger partial charge in [-0.1, -0.05) is 0 Å². The molecule has 0 spiro atoms. The van der Waals surface area contributed by atoms with Crippen LogP contribution >= 0.6 is 23.1 Å². The molecule has 3 amide bonds. The van der Waals surface area contributed by atoms with E-state index in [2.05, 4.69) is 10.6 Å². The summed E-state index contributed by atoms with van der Waals surface area (Å²) in [6.45, 7) is 5.40. The number of benzene rings is 1. The summed E-state index contributed by atoms with van der Waals surface area (Å²) in [6.07, 6.45) is 0.0841. The van der Waals surface area contributed by atoms with Crippen LogP contribution < -0.4 is 10.6 Å². The third-order valence-corrected chi connectivity index (χ3v) is 6.21. The van der Waals surface area contributed by atoms with Crippen molar-refractivity contribution in [2.75, 3.05) is 17.7 Å². The van der Waals surface area contributed by atoms with Crippen molar-refractivity contribution in [2.45, 2.75) is 38.5 Å². The molecule has 0 saturated carbocycles. The van der Waals surface area contributed by atoms with Gasteiger partial charge in [-0.15, -0.1) is 23.1 Å². The molecule has 0 atom stereocenters. The normalized spacial score (nSPS) is 10.5. The summed E-state index contributed by atoms with van der Waals surface area (Å²) in [5, 5.41) is 5.35. The monoisotopic (exact) mass is 438 g/mol. The van der Waals surface area contributed by atoms with E-state index in [-0.39, 0.29) is 30.3 Å². The molecule has 0 fully saturated rings. The predicted octanol–water partition coefficient (Wildman–Crippen LogP) is 4.90. The van der Waals surface area contributed by atoms with Crippen LogP contribution in [-0.2, 0) is 9.53 Å². The number of hydrogen-bond donors (Lipinski definition) is 2. The Labute approximate surface area is 177 Å². The molecule has 2 N–H and O–H groups in total. The molecule has 0 unspecified atom stereocenters. The molecule has 29 heavy (non-hydrogen) atoms. The average molecular weight is 439 g/mol. The highest BCUT2D eigenvalue weighted by Crippen LogP contribution is 2.32. The summed E-state index contributed by atoms with van der Waals surface area (Å²) >= 11 is 2.83. The number of aryl methyl sites for hydroxylation is 1. The second-order valence-electron chi connectivity index (χ2n) is 6.12. The Morgan fingerprint density at radius 3 is 2.52 bits per heavy atom. The molecule has 0 aliphatic carbocycles. The van der Waals surface area contributed by atoms with Gasteiger partial charge in [0.05, 0.1) is 12.2 Å². The Kier molecular flexibility index (Phi) is 8.66. The third-order valence-electron chi connectivity index (χ3n) is 3.99. The number of thioether (sulfide) groups is 1. The Hall–Kier alpha value is -2.39. The Balaban J connectivity index is 1.90. The van der Waals surface area contributed by atoms with Crippen LogP contribution in [0.25, 0.3) is 0 Å². The zero-order chi connectivity index (χ0) is 21.4. The minimum absolute atomic E-state index is 0.153. The van der Waals surface area contributed by atoms with Crippen LogP contribution in [0.4, 0.5) is 14.2 Å². The Morgan fingerprint density at radius 1 is 1.17 bits per heavy atom. The Bertz CT molecular complexity index is 881. The van der Waals surface area contributed by atoms with Crippen LogP contribution in [0.5, 0.6) is 0 Å². The molecule has 6 nitrogen and oxygen atoms in total. The number of hydrogen-bond acceptors (Lipinski definition) is 6. The van der Waals surface area contributed by atoms with Gasteiger partial charge in [0.1, 0.15) is 10.8 Å². The number of thiophene rings is 1. The van der Waals surface area contributed by atoms with Gasteiger partial charge in [0, 0.05) is 16.2 Å². The fraction of sp³-hybridized carbons (Fsp3) is 0.350. The molecule has 0 aliphatic rings. The van der Waals surface area contributed by atoms with Gasteiger partial charge in [-0.05, 0) is 62.8 Å². The average Bonchev–Trinajstić information content (AvgIpc) is 2.94. The highest BCUT2D eigenvalue weighted by molar-refractivity contribution is 7.99. The molecule has 9 heteroatoms. The number of alkyl carbamates (subject to hydrolysis) is 1. The number of ether oxygens (including phenoxy) is 1. The molecule has 0 aliphatic heterocycles. The van der Waals surface area contributed by atoms with Crippen molar-refractivity contribution in [3.63, 3.8) is 0 Å². The van der Waals surface area contributed by atoms with Crippen LogP contribution in [0.3, 0.4) is 0 Å². The van der Waals surface area contributed by atoms with Crippen molar-refractivity contribution >= 4 is 46.0 Å². The molecule has 1 aromatic carbocycles. The summed E-state index contributed by atoms with van der Waals surface area (Å²) in [7, 11) is 0. The molecule has 2 aromatic rings. The van der Waals surface area contributed by atoms with Crippen molar-refractivity contribution in [1.29, 1.82) is 0 Å². The number of carbonyl (C=O) groups is 3. The quantitative estimate of drug-likeness (QED) is 0.452. The van der Waals surface area contributed by atoms with Gasteiger partial charge in [-0.3, -0.25) is 14.9 Å². The first-order valence-corrected chi connectivity index (χ1v) is 10.9. The minimum Gasteiger partial charge on any atom is -0.450 e. The maximum atomic E-state index is 12.9. The van der Waals surface area contributed by atoms with Crippen LogP contribution in [0, 0.1) is 19.7 Å². The highest BCUT2D eigenvalue weighted by Gasteiger charge is 2.22. The number of halogens is 1. The minimum atomic E-state index is -0.823. The molecule has 2 rings (SSSR count). The SMILES string of the molecule is CCOC(=O)NC(=O)c1c(NC(=O)CCCSc2ccc(F)cc2)sc(C)c1C. The summed E-state index contributed by atoms with van der Waals surface area (Å²) in [4.78, 5) is 38.1. The lowest BCUT2D eigenvalue weighted by molar-refractivity contribution is -0.116. The fourth-order valence-electron chi connectivity index (χ4n) is 2.45. The maximum absolute atomic E-state index is 12.9. The van der Waals surface area contributed by atoms with Gasteiger partial charge in [-0.2, -0.15) is 0 Å². The molecule has 0 saturated heterocycles.